The van der Waals surface area contributed by atoms with Crippen molar-refractivity contribution in [1.82, 2.24) is 0 Å². The van der Waals surface area contributed by atoms with Gasteiger partial charge in [-0.05, 0) is 19.1 Å². The zero-order chi connectivity index (χ0) is 8.69. The minimum Gasteiger partial charge on any atom is -0.372 e. The Morgan fingerprint density at radius 3 is 2.00 bits per heavy atom. The van der Waals surface area contributed by atoms with Gasteiger partial charge in [-0.2, -0.15) is 0 Å². The van der Waals surface area contributed by atoms with Gasteiger partial charge >= 0.3 is 0 Å². The molecule has 2 N–H and O–H groups in total. The zero-order valence-electron chi connectivity index (χ0n) is 6.25. The van der Waals surface area contributed by atoms with E-state index < -0.39 is 0 Å². The summed E-state index contributed by atoms with van der Waals surface area (Å²) in [6, 6.07) is 7.75. The topological polar surface area (TPSA) is 43.1 Å². The number of hydrogen-bond donors (Lipinski definition) is 1. The van der Waals surface area contributed by atoms with Crippen molar-refractivity contribution in [3.8, 4) is 0 Å². The summed E-state index contributed by atoms with van der Waals surface area (Å²) in [5, 5.41) is 0.801. The number of rotatable bonds is 0. The molecule has 0 atom stereocenters. The van der Waals surface area contributed by atoms with E-state index in [2.05, 4.69) is 5.73 Å². The van der Waals surface area contributed by atoms with Crippen molar-refractivity contribution in [1.29, 1.82) is 0 Å². The van der Waals surface area contributed by atoms with E-state index >= 15 is 0 Å². The van der Waals surface area contributed by atoms with Crippen LogP contribution in [-0.2, 0) is 4.79 Å². The molecule has 1 rings (SSSR count). The Morgan fingerprint density at radius 2 is 1.73 bits per heavy atom. The van der Waals surface area contributed by atoms with E-state index in [0.717, 1.165) is 5.02 Å². The fraction of sp³-hybridized carbons (Fsp3) is 0.125. The Bertz CT molecular complexity index is 187. The number of benzene rings is 1. The molecule has 1 amide bonds. The van der Waals surface area contributed by atoms with Crippen LogP contribution in [0.5, 0.6) is 0 Å². The molecule has 0 unspecified atom stereocenters. The number of carbonyl (C=O) groups is 1. The molecular formula is C8H10ClNO. The van der Waals surface area contributed by atoms with Gasteiger partial charge in [0.25, 0.3) is 0 Å². The van der Waals surface area contributed by atoms with Crippen molar-refractivity contribution in [2.24, 2.45) is 5.73 Å². The third-order valence-electron chi connectivity index (χ3n) is 1.01. The van der Waals surface area contributed by atoms with E-state index in [1.807, 2.05) is 31.2 Å². The van der Waals surface area contributed by atoms with E-state index in [4.69, 9.17) is 16.4 Å². The quantitative estimate of drug-likeness (QED) is 0.594. The Hall–Kier alpha value is -1.02. The van der Waals surface area contributed by atoms with Crippen LogP contribution >= 0.6 is 11.6 Å². The van der Waals surface area contributed by atoms with Gasteiger partial charge in [-0.1, -0.05) is 29.3 Å². The summed E-state index contributed by atoms with van der Waals surface area (Å²) in [6.07, 6.45) is 0.250. The average Bonchev–Trinajstić information content (AvgIpc) is 1.97. The van der Waals surface area contributed by atoms with E-state index in [1.165, 1.54) is 5.56 Å². The lowest BCUT2D eigenvalue weighted by Crippen LogP contribution is -1.82. The monoisotopic (exact) mass is 171 g/mol. The molecule has 0 aliphatic carbocycles. The maximum Gasteiger partial charge on any atom is 0.204 e. The Labute approximate surface area is 71.0 Å². The van der Waals surface area contributed by atoms with Crippen LogP contribution in [0.1, 0.15) is 5.56 Å². The lowest BCUT2D eigenvalue weighted by Gasteiger charge is -1.88. The van der Waals surface area contributed by atoms with Crippen LogP contribution in [0.15, 0.2) is 24.3 Å². The molecule has 2 nitrogen and oxygen atoms in total. The third-order valence-corrected chi connectivity index (χ3v) is 1.26. The maximum atomic E-state index is 8.58. The summed E-state index contributed by atoms with van der Waals surface area (Å²) >= 11 is 5.61. The molecule has 0 aliphatic rings. The molecule has 0 radical (unpaired) electrons. The summed E-state index contributed by atoms with van der Waals surface area (Å²) in [6.45, 7) is 2.04. The standard InChI is InChI=1S/C7H7Cl.CH3NO/c1-6-2-4-7(8)5-3-6;2-1-3/h2-5H,1H3;1H,(H2,2,3). The van der Waals surface area contributed by atoms with E-state index in [1.54, 1.807) is 0 Å². The van der Waals surface area contributed by atoms with Crippen LogP contribution in [0.3, 0.4) is 0 Å². The number of halogens is 1. The Balaban J connectivity index is 0.000000292. The fourth-order valence-corrected chi connectivity index (χ4v) is 0.659. The van der Waals surface area contributed by atoms with Crippen molar-refractivity contribution in [2.45, 2.75) is 6.92 Å². The fourth-order valence-electron chi connectivity index (χ4n) is 0.533. The lowest BCUT2D eigenvalue weighted by molar-refractivity contribution is -0.106. The first kappa shape index (κ1) is 9.98. The van der Waals surface area contributed by atoms with Gasteiger partial charge in [-0.3, -0.25) is 4.79 Å². The highest BCUT2D eigenvalue weighted by Crippen LogP contribution is 2.07. The van der Waals surface area contributed by atoms with Crippen LogP contribution in [0.4, 0.5) is 0 Å². The van der Waals surface area contributed by atoms with Crippen LogP contribution < -0.4 is 5.73 Å². The van der Waals surface area contributed by atoms with Gasteiger partial charge < -0.3 is 5.73 Å². The molecule has 0 heterocycles. The van der Waals surface area contributed by atoms with Crippen molar-refractivity contribution in [2.75, 3.05) is 0 Å². The molecule has 0 aliphatic heterocycles. The second-order valence-corrected chi connectivity index (χ2v) is 2.37. The van der Waals surface area contributed by atoms with Crippen LogP contribution in [0, 0.1) is 6.92 Å². The average molecular weight is 172 g/mol. The van der Waals surface area contributed by atoms with Crippen molar-refractivity contribution < 1.29 is 4.79 Å². The van der Waals surface area contributed by atoms with Crippen LogP contribution in [0.25, 0.3) is 0 Å². The third kappa shape index (κ3) is 5.43. The minimum atomic E-state index is 0.250. The van der Waals surface area contributed by atoms with Crippen LogP contribution in [0.2, 0.25) is 5.02 Å². The molecular weight excluding hydrogens is 162 g/mol. The predicted molar refractivity (Wildman–Crippen MR) is 46.4 cm³/mol. The van der Waals surface area contributed by atoms with E-state index in [0.29, 0.717) is 0 Å². The second kappa shape index (κ2) is 5.74. The van der Waals surface area contributed by atoms with Gasteiger partial charge in [0.05, 0.1) is 0 Å². The van der Waals surface area contributed by atoms with Crippen molar-refractivity contribution in [3.63, 3.8) is 0 Å². The van der Waals surface area contributed by atoms with Crippen LogP contribution in [-0.4, -0.2) is 6.41 Å². The van der Waals surface area contributed by atoms with E-state index in [9.17, 15) is 0 Å². The zero-order valence-corrected chi connectivity index (χ0v) is 7.01. The first-order chi connectivity index (χ1) is 5.20. The summed E-state index contributed by atoms with van der Waals surface area (Å²) in [4.78, 5) is 8.58. The number of primary amides is 1. The van der Waals surface area contributed by atoms with Gasteiger partial charge in [0.2, 0.25) is 6.41 Å². The first-order valence-corrected chi connectivity index (χ1v) is 3.46. The second-order valence-electron chi connectivity index (χ2n) is 1.93. The predicted octanol–water partition coefficient (Wildman–Crippen LogP) is 1.75. The number of aryl methyl sites for hydroxylation is 1. The normalized spacial score (nSPS) is 7.82. The smallest absolute Gasteiger partial charge is 0.204 e. The summed E-state index contributed by atoms with van der Waals surface area (Å²) in [7, 11) is 0. The molecule has 0 bridgehead atoms. The van der Waals surface area contributed by atoms with Gasteiger partial charge in [-0.15, -0.1) is 0 Å². The first-order valence-electron chi connectivity index (χ1n) is 3.08. The molecule has 0 saturated heterocycles. The van der Waals surface area contributed by atoms with Gasteiger partial charge in [0.1, 0.15) is 0 Å². The molecule has 0 fully saturated rings. The van der Waals surface area contributed by atoms with Gasteiger partial charge in [-0.25, -0.2) is 0 Å². The highest BCUT2D eigenvalue weighted by atomic mass is 35.5. The Kier molecular flexibility index (Phi) is 5.21. The van der Waals surface area contributed by atoms with Crippen molar-refractivity contribution in [3.05, 3.63) is 34.9 Å². The number of hydrogen-bond acceptors (Lipinski definition) is 1. The molecule has 60 valence electrons. The molecule has 0 spiro atoms. The molecule has 1 aromatic carbocycles. The summed E-state index contributed by atoms with van der Waals surface area (Å²) in [5.41, 5.74) is 5.41. The number of carbonyl (C=O) groups excluding carboxylic acids is 1. The number of nitrogens with two attached hydrogens (primary N) is 1. The molecule has 3 heteroatoms. The minimum absolute atomic E-state index is 0.250. The van der Waals surface area contributed by atoms with Crippen molar-refractivity contribution >= 4 is 18.0 Å². The number of amides is 1. The largest absolute Gasteiger partial charge is 0.372 e. The highest BCUT2D eigenvalue weighted by Gasteiger charge is 1.81. The molecule has 11 heavy (non-hydrogen) atoms. The molecule has 0 saturated carbocycles. The lowest BCUT2D eigenvalue weighted by atomic mass is 10.2. The van der Waals surface area contributed by atoms with E-state index in [-0.39, 0.29) is 6.41 Å². The highest BCUT2D eigenvalue weighted by molar-refractivity contribution is 6.30. The maximum absolute atomic E-state index is 8.58. The summed E-state index contributed by atoms with van der Waals surface area (Å²) < 4.78 is 0. The summed E-state index contributed by atoms with van der Waals surface area (Å²) in [5.74, 6) is 0. The molecule has 1 aromatic rings. The SMILES string of the molecule is Cc1ccc(Cl)cc1.NC=O. The van der Waals surface area contributed by atoms with Gasteiger partial charge in [0, 0.05) is 5.02 Å². The van der Waals surface area contributed by atoms with Gasteiger partial charge in [0.15, 0.2) is 0 Å². The Morgan fingerprint density at radius 1 is 1.36 bits per heavy atom. The molecule has 0 aromatic heterocycles.